The maximum Gasteiger partial charge on any atom is 0.250 e. The normalized spacial score (nSPS) is 11.0. The molecule has 33 heavy (non-hydrogen) atoms. The van der Waals surface area contributed by atoms with Crippen molar-refractivity contribution < 1.29 is 18.7 Å². The van der Waals surface area contributed by atoms with Crippen LogP contribution in [0.3, 0.4) is 0 Å². The first-order valence-corrected chi connectivity index (χ1v) is 10.7. The number of benzene rings is 2. The predicted octanol–water partition coefficient (Wildman–Crippen LogP) is 3.97. The van der Waals surface area contributed by atoms with Crippen LogP contribution in [0.25, 0.3) is 22.4 Å². The number of para-hydroxylation sites is 1. The molecule has 4 rings (SSSR count). The maximum atomic E-state index is 12.4. The number of carbonyl (C=O) groups is 2. The van der Waals surface area contributed by atoms with E-state index in [-0.39, 0.29) is 25.0 Å². The molecule has 0 saturated carbocycles. The van der Waals surface area contributed by atoms with Crippen LogP contribution < -0.4 is 10.6 Å². The lowest BCUT2D eigenvalue weighted by Gasteiger charge is -2.05. The molecule has 0 atom stereocenters. The molecule has 2 aromatic carbocycles. The van der Waals surface area contributed by atoms with Gasteiger partial charge in [0.2, 0.25) is 17.7 Å². The van der Waals surface area contributed by atoms with Crippen LogP contribution in [0.15, 0.2) is 59.1 Å². The maximum absolute atomic E-state index is 12.4. The van der Waals surface area contributed by atoms with Crippen LogP contribution in [0.4, 0.5) is 5.69 Å². The zero-order valence-corrected chi connectivity index (χ0v) is 18.6. The zero-order chi connectivity index (χ0) is 23.2. The van der Waals surface area contributed by atoms with Gasteiger partial charge < -0.3 is 24.8 Å². The first kappa shape index (κ1) is 22.3. The van der Waals surface area contributed by atoms with Crippen molar-refractivity contribution >= 4 is 28.4 Å². The first-order valence-electron chi connectivity index (χ1n) is 10.7. The van der Waals surface area contributed by atoms with E-state index >= 15 is 0 Å². The van der Waals surface area contributed by atoms with Crippen molar-refractivity contribution in [3.63, 3.8) is 0 Å². The van der Waals surface area contributed by atoms with Crippen LogP contribution in [0.1, 0.15) is 23.4 Å². The van der Waals surface area contributed by atoms with Crippen LogP contribution in [-0.2, 0) is 27.3 Å². The molecule has 4 aromatic rings. The summed E-state index contributed by atoms with van der Waals surface area (Å²) < 4.78 is 10.6. The van der Waals surface area contributed by atoms with Crippen molar-refractivity contribution in [2.75, 3.05) is 19.0 Å². The lowest BCUT2D eigenvalue weighted by molar-refractivity contribution is -0.121. The van der Waals surface area contributed by atoms with E-state index in [0.717, 1.165) is 22.0 Å². The smallest absolute Gasteiger partial charge is 0.250 e. The number of hydrogen-bond acceptors (Lipinski definition) is 5. The van der Waals surface area contributed by atoms with Gasteiger partial charge in [0.25, 0.3) is 0 Å². The fraction of sp³-hybridized carbons (Fsp3) is 0.240. The summed E-state index contributed by atoms with van der Waals surface area (Å²) in [6.45, 7) is 2.08. The molecule has 2 aromatic heterocycles. The van der Waals surface area contributed by atoms with E-state index in [1.807, 2.05) is 43.5 Å². The first-order chi connectivity index (χ1) is 16.0. The summed E-state index contributed by atoms with van der Waals surface area (Å²) in [5.41, 5.74) is 4.21. The Morgan fingerprint density at radius 3 is 2.82 bits per heavy atom. The van der Waals surface area contributed by atoms with Gasteiger partial charge in [-0.3, -0.25) is 9.59 Å². The van der Waals surface area contributed by atoms with Crippen molar-refractivity contribution in [2.45, 2.75) is 26.3 Å². The highest BCUT2D eigenvalue weighted by molar-refractivity contribution is 5.92. The third-order valence-corrected chi connectivity index (χ3v) is 5.31. The van der Waals surface area contributed by atoms with Gasteiger partial charge in [0.1, 0.15) is 18.1 Å². The van der Waals surface area contributed by atoms with E-state index in [9.17, 15) is 9.59 Å². The molecule has 8 nitrogen and oxygen atoms in total. The summed E-state index contributed by atoms with van der Waals surface area (Å²) in [7, 11) is 1.47. The molecule has 2 amide bonds. The third-order valence-electron chi connectivity index (χ3n) is 5.31. The van der Waals surface area contributed by atoms with Gasteiger partial charge in [-0.05, 0) is 43.2 Å². The van der Waals surface area contributed by atoms with E-state index in [2.05, 4.69) is 26.7 Å². The largest absolute Gasteiger partial charge is 0.441 e. The summed E-state index contributed by atoms with van der Waals surface area (Å²) >= 11 is 0. The lowest BCUT2D eigenvalue weighted by atomic mass is 10.1. The van der Waals surface area contributed by atoms with E-state index < -0.39 is 0 Å². The second-order valence-electron chi connectivity index (χ2n) is 7.72. The number of methoxy groups -OCH3 is 1. The van der Waals surface area contributed by atoms with Crippen molar-refractivity contribution in [3.8, 4) is 11.5 Å². The van der Waals surface area contributed by atoms with Gasteiger partial charge in [-0.2, -0.15) is 0 Å². The Bertz CT molecular complexity index is 1270. The van der Waals surface area contributed by atoms with Crippen molar-refractivity contribution in [2.24, 2.45) is 0 Å². The summed E-state index contributed by atoms with van der Waals surface area (Å²) in [6, 6.07) is 15.3. The molecule has 0 aliphatic heterocycles. The van der Waals surface area contributed by atoms with Gasteiger partial charge >= 0.3 is 0 Å². The molecule has 0 saturated heterocycles. The zero-order valence-electron chi connectivity index (χ0n) is 18.6. The highest BCUT2D eigenvalue weighted by Gasteiger charge is 2.14. The van der Waals surface area contributed by atoms with Gasteiger partial charge in [-0.15, -0.1) is 0 Å². The Hall–Kier alpha value is -3.91. The fourth-order valence-corrected chi connectivity index (χ4v) is 3.63. The van der Waals surface area contributed by atoms with E-state index in [4.69, 9.17) is 9.15 Å². The van der Waals surface area contributed by atoms with E-state index in [0.29, 0.717) is 35.9 Å². The molecule has 0 spiro atoms. The molecule has 0 radical (unpaired) electrons. The quantitative estimate of drug-likeness (QED) is 0.361. The number of ether oxygens (including phenoxy) is 1. The van der Waals surface area contributed by atoms with Gasteiger partial charge in [-0.1, -0.05) is 24.3 Å². The number of hydrogen-bond donors (Lipinski definition) is 3. The minimum Gasteiger partial charge on any atom is -0.441 e. The molecule has 0 fully saturated rings. The molecule has 0 aliphatic rings. The molecule has 170 valence electrons. The summed E-state index contributed by atoms with van der Waals surface area (Å²) in [6.07, 6.45) is 2.99. The number of rotatable bonds is 9. The molecule has 2 heterocycles. The Morgan fingerprint density at radius 1 is 1.12 bits per heavy atom. The summed E-state index contributed by atoms with van der Waals surface area (Å²) in [5, 5.41) is 6.82. The van der Waals surface area contributed by atoms with Crippen LogP contribution in [0, 0.1) is 6.92 Å². The van der Waals surface area contributed by atoms with Gasteiger partial charge in [0.15, 0.2) is 0 Å². The van der Waals surface area contributed by atoms with Crippen molar-refractivity contribution in [1.29, 1.82) is 0 Å². The average molecular weight is 447 g/mol. The predicted molar refractivity (Wildman–Crippen MR) is 126 cm³/mol. The number of aromatic nitrogens is 2. The molecular formula is C25H26N4O4. The number of fused-ring (bicyclic) bond motifs is 1. The van der Waals surface area contributed by atoms with E-state index in [1.54, 1.807) is 12.1 Å². The lowest BCUT2D eigenvalue weighted by Crippen LogP contribution is -2.23. The number of nitrogens with zero attached hydrogens (tertiary/aromatic N) is 1. The van der Waals surface area contributed by atoms with Crippen LogP contribution in [0.2, 0.25) is 0 Å². The standard InChI is InChI=1S/C25H26N4O4/c1-16-22(14-27-23(30)11-10-18-13-26-21-9-4-3-8-20(18)21)29-25(33-16)17-6-5-7-19(12-17)28-24(31)15-32-2/h3-9,12-13,26H,10-11,14-15H2,1-2H3,(H,27,30)(H,28,31). The highest BCUT2D eigenvalue weighted by atomic mass is 16.5. The number of nitrogens with one attached hydrogen (secondary N) is 3. The van der Waals surface area contributed by atoms with Gasteiger partial charge in [-0.25, -0.2) is 4.98 Å². The third kappa shape index (κ3) is 5.48. The van der Waals surface area contributed by atoms with Crippen LogP contribution in [0.5, 0.6) is 0 Å². The van der Waals surface area contributed by atoms with Crippen molar-refractivity contribution in [3.05, 3.63) is 71.7 Å². The SMILES string of the molecule is COCC(=O)Nc1cccc(-c2nc(CNC(=O)CCc3c[nH]c4ccccc34)c(C)o2)c1. The number of oxazole rings is 1. The average Bonchev–Trinajstić information content (AvgIpc) is 3.40. The Morgan fingerprint density at radius 2 is 1.97 bits per heavy atom. The van der Waals surface area contributed by atoms with Crippen LogP contribution in [-0.4, -0.2) is 35.5 Å². The van der Waals surface area contributed by atoms with E-state index in [1.165, 1.54) is 7.11 Å². The summed E-state index contributed by atoms with van der Waals surface area (Å²) in [5.74, 6) is 0.774. The second kappa shape index (κ2) is 10.1. The Kier molecular flexibility index (Phi) is 6.85. The number of aryl methyl sites for hydroxylation is 2. The number of H-pyrrole nitrogens is 1. The molecule has 8 heteroatoms. The topological polar surface area (TPSA) is 109 Å². The number of carbonyl (C=O) groups excluding carboxylic acids is 2. The Balaban J connectivity index is 1.35. The molecule has 0 unspecified atom stereocenters. The molecule has 3 N–H and O–H groups in total. The summed E-state index contributed by atoms with van der Waals surface area (Å²) in [4.78, 5) is 31.9. The second-order valence-corrected chi connectivity index (χ2v) is 7.72. The molecular weight excluding hydrogens is 420 g/mol. The number of amides is 2. The minimum atomic E-state index is -0.241. The number of anilines is 1. The molecule has 0 aliphatic carbocycles. The monoisotopic (exact) mass is 446 g/mol. The van der Waals surface area contributed by atoms with Crippen LogP contribution >= 0.6 is 0 Å². The molecule has 0 bridgehead atoms. The Labute approximate surface area is 191 Å². The van der Waals surface area contributed by atoms with Gasteiger partial charge in [0, 0.05) is 41.9 Å². The van der Waals surface area contributed by atoms with Crippen molar-refractivity contribution in [1.82, 2.24) is 15.3 Å². The minimum absolute atomic E-state index is 0.0213. The highest BCUT2D eigenvalue weighted by Crippen LogP contribution is 2.24. The van der Waals surface area contributed by atoms with Gasteiger partial charge in [0.05, 0.1) is 6.54 Å². The fourth-order valence-electron chi connectivity index (χ4n) is 3.63. The number of aromatic amines is 1.